The molecule has 2 aromatic carbocycles. The molecule has 132 valence electrons. The van der Waals surface area contributed by atoms with Gasteiger partial charge in [0.1, 0.15) is 4.32 Å². The number of ether oxygens (including phenoxy) is 1. The number of nitrogens with zero attached hydrogens (tertiary/aromatic N) is 1. The van der Waals surface area contributed by atoms with Gasteiger partial charge in [-0.25, -0.2) is 4.79 Å². The van der Waals surface area contributed by atoms with E-state index in [9.17, 15) is 9.59 Å². The zero-order valence-corrected chi connectivity index (χ0v) is 15.8. The predicted molar refractivity (Wildman–Crippen MR) is 107 cm³/mol. The second-order valence-corrected chi connectivity index (χ2v) is 7.20. The van der Waals surface area contributed by atoms with Crippen LogP contribution in [0, 0.1) is 0 Å². The number of carbonyl (C=O) groups is 2. The molecule has 1 aliphatic rings. The van der Waals surface area contributed by atoms with E-state index in [1.807, 2.05) is 48.5 Å². The number of benzene rings is 2. The van der Waals surface area contributed by atoms with Crippen LogP contribution in [0.1, 0.15) is 24.1 Å². The lowest BCUT2D eigenvalue weighted by molar-refractivity contribution is -0.151. The highest BCUT2D eigenvalue weighted by Gasteiger charge is 2.41. The van der Waals surface area contributed by atoms with Crippen molar-refractivity contribution in [2.75, 3.05) is 6.61 Å². The van der Waals surface area contributed by atoms with Gasteiger partial charge in [-0.1, -0.05) is 84.6 Å². The molecule has 1 amide bonds. The van der Waals surface area contributed by atoms with Crippen molar-refractivity contribution in [3.05, 3.63) is 76.7 Å². The van der Waals surface area contributed by atoms with Gasteiger partial charge in [0, 0.05) is 0 Å². The summed E-state index contributed by atoms with van der Waals surface area (Å²) in [4.78, 5) is 27.4. The highest BCUT2D eigenvalue weighted by molar-refractivity contribution is 8.26. The standard InChI is InChI=1S/C20H17NO3S2/c1-2-24-19(23)17(15-11-7-4-8-12-15)21-18(22)16(26-20(21)25)13-14-9-5-3-6-10-14/h3-13,17H,2H2,1H3/b16-13-. The second kappa shape index (κ2) is 8.29. The van der Waals surface area contributed by atoms with Gasteiger partial charge in [-0.15, -0.1) is 0 Å². The van der Waals surface area contributed by atoms with E-state index >= 15 is 0 Å². The van der Waals surface area contributed by atoms with Crippen LogP contribution in [0.25, 0.3) is 6.08 Å². The predicted octanol–water partition coefficient (Wildman–Crippen LogP) is 4.19. The molecule has 0 N–H and O–H groups in total. The van der Waals surface area contributed by atoms with Crippen LogP contribution in [0.4, 0.5) is 0 Å². The molecule has 1 unspecified atom stereocenters. The molecule has 4 nitrogen and oxygen atoms in total. The highest BCUT2D eigenvalue weighted by atomic mass is 32.2. The number of hydrogen-bond donors (Lipinski definition) is 0. The SMILES string of the molecule is CCOC(=O)C(c1ccccc1)N1C(=O)/C(=C/c2ccccc2)SC1=S. The van der Waals surface area contributed by atoms with Gasteiger partial charge >= 0.3 is 5.97 Å². The van der Waals surface area contributed by atoms with E-state index in [1.54, 1.807) is 25.1 Å². The lowest BCUT2D eigenvalue weighted by Crippen LogP contribution is -2.38. The lowest BCUT2D eigenvalue weighted by atomic mass is 10.1. The fraction of sp³-hybridized carbons (Fsp3) is 0.150. The molecule has 0 aromatic heterocycles. The monoisotopic (exact) mass is 383 g/mol. The zero-order valence-electron chi connectivity index (χ0n) is 14.1. The molecule has 2 aromatic rings. The third kappa shape index (κ3) is 3.86. The second-order valence-electron chi connectivity index (χ2n) is 5.53. The van der Waals surface area contributed by atoms with E-state index in [4.69, 9.17) is 17.0 Å². The third-order valence-corrected chi connectivity index (χ3v) is 5.13. The smallest absolute Gasteiger partial charge is 0.333 e. The van der Waals surface area contributed by atoms with E-state index < -0.39 is 12.0 Å². The fourth-order valence-electron chi connectivity index (χ4n) is 2.65. The van der Waals surface area contributed by atoms with Gasteiger partial charge in [0.2, 0.25) is 0 Å². The molecular weight excluding hydrogens is 366 g/mol. The summed E-state index contributed by atoms with van der Waals surface area (Å²) in [5, 5.41) is 0. The maximum atomic E-state index is 13.0. The first kappa shape index (κ1) is 18.4. The first-order chi connectivity index (χ1) is 12.6. The van der Waals surface area contributed by atoms with E-state index in [-0.39, 0.29) is 12.5 Å². The summed E-state index contributed by atoms with van der Waals surface area (Å²) in [5.74, 6) is -0.776. The number of hydrogen-bond acceptors (Lipinski definition) is 5. The van der Waals surface area contributed by atoms with E-state index in [2.05, 4.69) is 0 Å². The number of esters is 1. The van der Waals surface area contributed by atoms with Gasteiger partial charge in [0.05, 0.1) is 11.5 Å². The van der Waals surface area contributed by atoms with E-state index in [0.717, 1.165) is 5.56 Å². The van der Waals surface area contributed by atoms with Crippen LogP contribution in [0.3, 0.4) is 0 Å². The molecule has 1 aliphatic heterocycles. The van der Waals surface area contributed by atoms with Crippen molar-refractivity contribution >= 4 is 46.3 Å². The zero-order chi connectivity index (χ0) is 18.5. The molecule has 1 heterocycles. The van der Waals surface area contributed by atoms with Crippen LogP contribution in [0.2, 0.25) is 0 Å². The van der Waals surface area contributed by atoms with Crippen LogP contribution < -0.4 is 0 Å². The normalized spacial score (nSPS) is 16.8. The largest absolute Gasteiger partial charge is 0.464 e. The van der Waals surface area contributed by atoms with Crippen molar-refractivity contribution in [1.82, 2.24) is 4.90 Å². The van der Waals surface area contributed by atoms with Gasteiger partial charge in [0.25, 0.3) is 5.91 Å². The molecule has 1 atom stereocenters. The lowest BCUT2D eigenvalue weighted by Gasteiger charge is -2.25. The number of amides is 1. The Kier molecular flexibility index (Phi) is 5.85. The Morgan fingerprint density at radius 2 is 1.77 bits per heavy atom. The summed E-state index contributed by atoms with van der Waals surface area (Å²) < 4.78 is 5.55. The minimum Gasteiger partial charge on any atom is -0.464 e. The maximum absolute atomic E-state index is 13.0. The molecule has 0 radical (unpaired) electrons. The molecule has 1 saturated heterocycles. The number of thioether (sulfide) groups is 1. The molecule has 0 aliphatic carbocycles. The molecule has 6 heteroatoms. The maximum Gasteiger partial charge on any atom is 0.333 e. The Balaban J connectivity index is 1.97. The molecule has 0 spiro atoms. The Morgan fingerprint density at radius 3 is 2.38 bits per heavy atom. The molecule has 0 bridgehead atoms. The Labute approximate surface area is 161 Å². The van der Waals surface area contributed by atoms with Crippen LogP contribution in [0.15, 0.2) is 65.6 Å². The molecule has 1 fully saturated rings. The molecule has 26 heavy (non-hydrogen) atoms. The van der Waals surface area contributed by atoms with E-state index in [0.29, 0.717) is 14.8 Å². The van der Waals surface area contributed by atoms with Gasteiger partial charge < -0.3 is 4.74 Å². The fourth-order valence-corrected chi connectivity index (χ4v) is 3.96. The number of thiocarbonyl (C=S) groups is 1. The van der Waals surface area contributed by atoms with E-state index in [1.165, 1.54) is 16.7 Å². The first-order valence-corrected chi connectivity index (χ1v) is 9.38. The number of carbonyl (C=O) groups excluding carboxylic acids is 2. The van der Waals surface area contributed by atoms with Crippen molar-refractivity contribution in [2.24, 2.45) is 0 Å². The van der Waals surface area contributed by atoms with Crippen molar-refractivity contribution in [3.63, 3.8) is 0 Å². The van der Waals surface area contributed by atoms with Gasteiger partial charge in [-0.05, 0) is 24.1 Å². The van der Waals surface area contributed by atoms with Gasteiger partial charge in [-0.3, -0.25) is 9.69 Å². The quantitative estimate of drug-likeness (QED) is 0.440. The summed E-state index contributed by atoms with van der Waals surface area (Å²) in [6.07, 6.45) is 1.78. The summed E-state index contributed by atoms with van der Waals surface area (Å²) >= 11 is 6.61. The first-order valence-electron chi connectivity index (χ1n) is 8.15. The highest BCUT2D eigenvalue weighted by Crippen LogP contribution is 2.38. The average molecular weight is 383 g/mol. The topological polar surface area (TPSA) is 46.6 Å². The summed E-state index contributed by atoms with van der Waals surface area (Å²) in [7, 11) is 0. The van der Waals surface area contributed by atoms with Gasteiger partial charge in [-0.2, -0.15) is 0 Å². The number of rotatable bonds is 5. The van der Waals surface area contributed by atoms with Crippen molar-refractivity contribution in [3.8, 4) is 0 Å². The van der Waals surface area contributed by atoms with Crippen molar-refractivity contribution in [2.45, 2.75) is 13.0 Å². The Hall–Kier alpha value is -2.44. The van der Waals surface area contributed by atoms with Crippen LogP contribution >= 0.6 is 24.0 Å². The van der Waals surface area contributed by atoms with Crippen molar-refractivity contribution < 1.29 is 14.3 Å². The van der Waals surface area contributed by atoms with Crippen molar-refractivity contribution in [1.29, 1.82) is 0 Å². The van der Waals surface area contributed by atoms with Gasteiger partial charge in [0.15, 0.2) is 6.04 Å². The molecule has 3 rings (SSSR count). The third-order valence-electron chi connectivity index (χ3n) is 3.80. The average Bonchev–Trinajstić information content (AvgIpc) is 2.92. The summed E-state index contributed by atoms with van der Waals surface area (Å²) in [5.41, 5.74) is 1.57. The minimum absolute atomic E-state index is 0.233. The molecule has 0 saturated carbocycles. The molecular formula is C20H17NO3S2. The van der Waals surface area contributed by atoms with Crippen LogP contribution in [-0.4, -0.2) is 27.7 Å². The summed E-state index contributed by atoms with van der Waals surface area (Å²) in [6, 6.07) is 17.7. The summed E-state index contributed by atoms with van der Waals surface area (Å²) in [6.45, 7) is 1.97. The Bertz CT molecular complexity index is 850. The minimum atomic E-state index is -0.884. The van der Waals surface area contributed by atoms with Crippen LogP contribution in [0.5, 0.6) is 0 Å². The Morgan fingerprint density at radius 1 is 1.15 bits per heavy atom. The van der Waals surface area contributed by atoms with Crippen LogP contribution in [-0.2, 0) is 14.3 Å².